The van der Waals surface area contributed by atoms with E-state index in [-0.39, 0.29) is 46.6 Å². The average molecular weight is 661 g/mol. The highest BCUT2D eigenvalue weighted by molar-refractivity contribution is 7.09. The van der Waals surface area contributed by atoms with Crippen LogP contribution in [0, 0.1) is 17.2 Å². The van der Waals surface area contributed by atoms with E-state index < -0.39 is 17.9 Å². The van der Waals surface area contributed by atoms with Crippen LogP contribution in [0.3, 0.4) is 0 Å². The van der Waals surface area contributed by atoms with Gasteiger partial charge in [0.1, 0.15) is 16.5 Å². The molecule has 3 N–H and O–H groups in total. The number of nitrogens with one attached hydrogen (secondary N) is 1. The summed E-state index contributed by atoms with van der Waals surface area (Å²) >= 11 is 1.27. The Morgan fingerprint density at radius 1 is 1.09 bits per heavy atom. The monoisotopic (exact) mass is 660 g/mol. The van der Waals surface area contributed by atoms with Crippen molar-refractivity contribution in [1.82, 2.24) is 15.2 Å². The second kappa shape index (κ2) is 19.0. The molecule has 0 saturated heterocycles. The highest BCUT2D eigenvalue weighted by Gasteiger charge is 2.32. The van der Waals surface area contributed by atoms with Crippen LogP contribution in [-0.4, -0.2) is 46.3 Å². The van der Waals surface area contributed by atoms with Crippen molar-refractivity contribution in [2.24, 2.45) is 11.3 Å². The van der Waals surface area contributed by atoms with Gasteiger partial charge >= 0.3 is 5.97 Å². The number of hydrogen-bond acceptors (Lipinski definition) is 7. The van der Waals surface area contributed by atoms with E-state index >= 15 is 0 Å². The quantitative estimate of drug-likeness (QED) is 0.0891. The van der Waals surface area contributed by atoms with Crippen molar-refractivity contribution in [1.29, 1.82) is 0 Å². The third-order valence-electron chi connectivity index (χ3n) is 8.02. The zero-order chi connectivity index (χ0) is 34.4. The number of thiazole rings is 1. The normalized spacial score (nSPS) is 13.7. The van der Waals surface area contributed by atoms with Gasteiger partial charge in [-0.1, -0.05) is 80.2 Å². The second-order valence-corrected chi connectivity index (χ2v) is 14.9. The predicted octanol–water partition coefficient (Wildman–Crippen LogP) is 8.26. The molecular weight excluding hydrogens is 603 g/mol. The molecule has 46 heavy (non-hydrogen) atoms. The number of unbranched alkanes of at least 4 members (excludes halogenated alkanes) is 4. The number of hydrogen-bond donors (Lipinski definition) is 2. The lowest BCUT2D eigenvalue weighted by Crippen LogP contribution is -2.45. The van der Waals surface area contributed by atoms with Crippen molar-refractivity contribution in [3.05, 3.63) is 45.7 Å². The van der Waals surface area contributed by atoms with Crippen molar-refractivity contribution >= 4 is 34.8 Å². The van der Waals surface area contributed by atoms with Crippen LogP contribution >= 0.6 is 11.3 Å². The molecule has 2 amide bonds. The Labute approximate surface area is 280 Å². The predicted molar refractivity (Wildman–Crippen MR) is 185 cm³/mol. The van der Waals surface area contributed by atoms with Crippen LogP contribution in [-0.2, 0) is 20.7 Å². The van der Waals surface area contributed by atoms with Crippen LogP contribution < -0.4 is 11.1 Å². The van der Waals surface area contributed by atoms with Gasteiger partial charge in [0.05, 0.1) is 5.69 Å². The molecule has 2 rings (SSSR count). The van der Waals surface area contributed by atoms with Gasteiger partial charge in [-0.25, -0.2) is 9.37 Å². The van der Waals surface area contributed by atoms with Crippen molar-refractivity contribution in [3.63, 3.8) is 0 Å². The molecule has 0 aliphatic carbocycles. The maximum absolute atomic E-state index is 14.2. The summed E-state index contributed by atoms with van der Waals surface area (Å²) < 4.78 is 20.0. The third kappa shape index (κ3) is 13.4. The number of nitrogens with two attached hydrogens (primary N) is 1. The van der Waals surface area contributed by atoms with Crippen LogP contribution in [0.2, 0.25) is 0 Å². The molecule has 10 heteroatoms. The molecule has 0 spiro atoms. The molecule has 2 aromatic rings. The molecule has 8 nitrogen and oxygen atoms in total. The van der Waals surface area contributed by atoms with Crippen molar-refractivity contribution in [2.45, 2.75) is 138 Å². The summed E-state index contributed by atoms with van der Waals surface area (Å²) in [6, 6.07) is 4.29. The number of carbonyl (C=O) groups is 3. The Morgan fingerprint density at radius 2 is 1.78 bits per heavy atom. The smallest absolute Gasteiger partial charge is 0.303 e. The molecule has 258 valence electrons. The lowest BCUT2D eigenvalue weighted by Gasteiger charge is -2.36. The Morgan fingerprint density at radius 3 is 2.37 bits per heavy atom. The van der Waals surface area contributed by atoms with Crippen LogP contribution in [0.15, 0.2) is 23.6 Å². The first-order chi connectivity index (χ1) is 21.6. The van der Waals surface area contributed by atoms with E-state index in [1.54, 1.807) is 11.4 Å². The molecule has 0 aliphatic heterocycles. The van der Waals surface area contributed by atoms with E-state index in [4.69, 9.17) is 10.5 Å². The number of aromatic nitrogens is 1. The molecule has 0 radical (unpaired) electrons. The first-order valence-corrected chi connectivity index (χ1v) is 17.8. The Kier molecular flexibility index (Phi) is 16.2. The molecule has 1 aromatic carbocycles. The van der Waals surface area contributed by atoms with Gasteiger partial charge in [-0.3, -0.25) is 14.4 Å². The number of anilines is 1. The Hall–Kier alpha value is -3.01. The SMILES string of the molecule is CCCCCCN(C(=O)CCCC)C(CC(OC(C)=O)c1nc(C(=O)N[C@@H](Cc2ccc(N)c(F)c2)CC(C)(C)C)cs1)C(C)C. The molecule has 3 atom stereocenters. The van der Waals surface area contributed by atoms with Gasteiger partial charge in [0.2, 0.25) is 5.91 Å². The molecule has 0 fully saturated rings. The zero-order valence-corrected chi connectivity index (χ0v) is 30.1. The molecule has 0 saturated carbocycles. The minimum absolute atomic E-state index is 0.0853. The van der Waals surface area contributed by atoms with Crippen LogP contribution in [0.4, 0.5) is 10.1 Å². The van der Waals surface area contributed by atoms with Crippen LogP contribution in [0.25, 0.3) is 0 Å². The second-order valence-electron chi connectivity index (χ2n) is 14.0. The summed E-state index contributed by atoms with van der Waals surface area (Å²) in [4.78, 5) is 45.8. The fourth-order valence-corrected chi connectivity index (χ4v) is 6.57. The first-order valence-electron chi connectivity index (χ1n) is 16.9. The number of esters is 1. The highest BCUT2D eigenvalue weighted by atomic mass is 32.1. The van der Waals surface area contributed by atoms with E-state index in [1.165, 1.54) is 30.4 Å². The standard InChI is InChI=1S/C36H57FN4O4S/c1-9-11-13-14-18-41(33(43)15-12-10-2)31(24(3)4)21-32(45-25(5)42)35-40-30(23-46-35)34(44)39-27(22-36(6,7)8)19-26-16-17-29(38)28(37)20-26/h16-17,20,23-24,27,31-32H,9-15,18-19,21-22,38H2,1-8H3,(H,39,44)/t27-,31?,32?/m0/s1. The van der Waals surface area contributed by atoms with Gasteiger partial charge in [-0.2, -0.15) is 0 Å². The highest BCUT2D eigenvalue weighted by Crippen LogP contribution is 2.32. The molecule has 1 aromatic heterocycles. The average Bonchev–Trinajstić information content (AvgIpc) is 3.46. The number of nitrogen functional groups attached to an aromatic ring is 1. The number of benzene rings is 1. The van der Waals surface area contributed by atoms with Gasteiger partial charge in [0.25, 0.3) is 5.91 Å². The number of carbonyl (C=O) groups excluding carboxylic acids is 3. The summed E-state index contributed by atoms with van der Waals surface area (Å²) in [5.41, 5.74) is 6.62. The lowest BCUT2D eigenvalue weighted by atomic mass is 9.85. The van der Waals surface area contributed by atoms with Gasteiger partial charge in [-0.05, 0) is 54.7 Å². The summed E-state index contributed by atoms with van der Waals surface area (Å²) in [6.45, 7) is 16.7. The molecular formula is C36H57FN4O4S. The number of amides is 2. The maximum atomic E-state index is 14.2. The summed E-state index contributed by atoms with van der Waals surface area (Å²) in [5.74, 6) is -1.02. The van der Waals surface area contributed by atoms with E-state index in [0.717, 1.165) is 44.1 Å². The van der Waals surface area contributed by atoms with Crippen molar-refractivity contribution in [2.75, 3.05) is 12.3 Å². The number of halogens is 1. The molecule has 1 heterocycles. The summed E-state index contributed by atoms with van der Waals surface area (Å²) in [7, 11) is 0. The van der Waals surface area contributed by atoms with Crippen molar-refractivity contribution in [3.8, 4) is 0 Å². The van der Waals surface area contributed by atoms with E-state index in [1.807, 2.05) is 4.90 Å². The topological polar surface area (TPSA) is 115 Å². The van der Waals surface area contributed by atoms with Crippen molar-refractivity contribution < 1.29 is 23.5 Å². The molecule has 0 aliphatic rings. The molecule has 0 bridgehead atoms. The van der Waals surface area contributed by atoms with Gasteiger partial charge < -0.3 is 20.7 Å². The maximum Gasteiger partial charge on any atom is 0.303 e. The van der Waals surface area contributed by atoms with E-state index in [2.05, 4.69) is 58.8 Å². The van der Waals surface area contributed by atoms with Crippen LogP contribution in [0.5, 0.6) is 0 Å². The number of rotatable bonds is 19. The summed E-state index contributed by atoms with van der Waals surface area (Å²) in [6.07, 6.45) is 7.27. The molecule has 2 unspecified atom stereocenters. The summed E-state index contributed by atoms with van der Waals surface area (Å²) in [5, 5.41) is 5.30. The van der Waals surface area contributed by atoms with E-state index in [9.17, 15) is 18.8 Å². The Bertz CT molecular complexity index is 1260. The van der Waals surface area contributed by atoms with E-state index in [0.29, 0.717) is 37.2 Å². The Balaban J connectivity index is 2.31. The number of ether oxygens (including phenoxy) is 1. The lowest BCUT2D eigenvalue weighted by molar-refractivity contribution is -0.148. The van der Waals surface area contributed by atoms with Gasteiger partial charge in [0, 0.05) is 43.8 Å². The zero-order valence-electron chi connectivity index (χ0n) is 29.3. The first kappa shape index (κ1) is 39.2. The fraction of sp³-hybridized carbons (Fsp3) is 0.667. The van der Waals surface area contributed by atoms with Gasteiger partial charge in [0.15, 0.2) is 6.10 Å². The van der Waals surface area contributed by atoms with Gasteiger partial charge in [-0.15, -0.1) is 11.3 Å². The minimum Gasteiger partial charge on any atom is -0.455 e. The fourth-order valence-electron chi connectivity index (χ4n) is 5.73. The number of nitrogens with zero attached hydrogens (tertiary/aromatic N) is 2. The minimum atomic E-state index is -0.698. The van der Waals surface area contributed by atoms with Crippen LogP contribution in [0.1, 0.15) is 140 Å². The third-order valence-corrected chi connectivity index (χ3v) is 8.96. The largest absolute Gasteiger partial charge is 0.455 e.